The van der Waals surface area contributed by atoms with Gasteiger partial charge in [-0.1, -0.05) is 72.3 Å². The van der Waals surface area contributed by atoms with E-state index in [4.69, 9.17) is 0 Å². The Morgan fingerprint density at radius 2 is 1.48 bits per heavy atom. The monoisotopic (exact) mass is 541 g/mol. The molecule has 0 fully saturated rings. The Kier molecular flexibility index (Phi) is 9.86. The Balaban J connectivity index is 0.000000527. The van der Waals surface area contributed by atoms with Gasteiger partial charge in [0, 0.05) is 12.5 Å². The van der Waals surface area contributed by atoms with Crippen LogP contribution in [-0.4, -0.2) is 17.1 Å². The number of rotatable bonds is 3. The minimum atomic E-state index is 0. The molecule has 1 atom stereocenters. The molecule has 5 rings (SSSR count). The molecule has 1 nitrogen and oxygen atoms in total. The van der Waals surface area contributed by atoms with Crippen LogP contribution in [-0.2, 0) is 23.3 Å². The fourth-order valence-electron chi connectivity index (χ4n) is 4.31. The molecule has 0 amide bonds. The molecular formula is C26H25Cl2OSiZr-. The second-order valence-corrected chi connectivity index (χ2v) is 17.1. The van der Waals surface area contributed by atoms with Crippen molar-refractivity contribution in [3.63, 3.8) is 0 Å². The molecule has 5 heteroatoms. The van der Waals surface area contributed by atoms with Gasteiger partial charge in [-0.05, 0) is 23.1 Å². The quantitative estimate of drug-likeness (QED) is 0.294. The van der Waals surface area contributed by atoms with Gasteiger partial charge in [0.15, 0.2) is 0 Å². The molecule has 31 heavy (non-hydrogen) atoms. The molecule has 158 valence electrons. The van der Waals surface area contributed by atoms with Gasteiger partial charge in [-0.2, -0.15) is 0 Å². The number of halogens is 2. The van der Waals surface area contributed by atoms with E-state index in [1.54, 1.807) is 23.3 Å². The normalized spacial score (nSPS) is 14.1. The Morgan fingerprint density at radius 1 is 0.871 bits per heavy atom. The van der Waals surface area contributed by atoms with E-state index in [0.29, 0.717) is 6.42 Å². The maximum atomic E-state index is 9.44. The molecule has 0 saturated carbocycles. The first-order valence-electron chi connectivity index (χ1n) is 10.1. The Morgan fingerprint density at radius 3 is 2.23 bits per heavy atom. The van der Waals surface area contributed by atoms with Gasteiger partial charge in [0.25, 0.3) is 0 Å². The number of aliphatic hydroxyl groups is 1. The molecule has 0 radical (unpaired) electrons. The zero-order chi connectivity index (χ0) is 20.4. The van der Waals surface area contributed by atoms with Crippen LogP contribution >= 0.6 is 0 Å². The van der Waals surface area contributed by atoms with Crippen LogP contribution in [0.15, 0.2) is 78.9 Å². The standard InChI is InChI=1S/C24H19O.C2H6Si.2ClH.Zr/c25-13-12-17-15-24(20-9-4-3-8-19(17)20)22-11-5-10-21-18-7-2-1-6-16(18)14-23(21)22;1-3-2;;;/h1-11,14-15,24-25H,12-13H2;1-2H3;2*1H;/q-1;;;;+2/p-2. The summed E-state index contributed by atoms with van der Waals surface area (Å²) in [5.41, 5.74) is 5.46. The summed E-state index contributed by atoms with van der Waals surface area (Å²) in [6.07, 6.45) is 3.06. The molecule has 0 aromatic heterocycles. The second-order valence-electron chi connectivity index (χ2n) is 7.77. The van der Waals surface area contributed by atoms with Crippen LogP contribution in [0.25, 0.3) is 27.1 Å². The molecule has 0 saturated heterocycles. The van der Waals surface area contributed by atoms with Gasteiger partial charge in [0.05, 0.1) is 0 Å². The fraction of sp³-hybridized carbons (Fsp3) is 0.192. The first-order valence-corrected chi connectivity index (χ1v) is 16.3. The van der Waals surface area contributed by atoms with Crippen LogP contribution < -0.4 is 24.8 Å². The van der Waals surface area contributed by atoms with Crippen molar-refractivity contribution in [3.8, 4) is 0 Å². The molecule has 0 bridgehead atoms. The molecule has 1 N–H and O–H groups in total. The van der Waals surface area contributed by atoms with Gasteiger partial charge in [0.2, 0.25) is 0 Å². The molecule has 4 aromatic rings. The predicted molar refractivity (Wildman–Crippen MR) is 122 cm³/mol. The van der Waals surface area contributed by atoms with Crippen LogP contribution in [0.5, 0.6) is 0 Å². The smallest absolute Gasteiger partial charge is 0.0471 e. The van der Waals surface area contributed by atoms with Gasteiger partial charge in [-0.3, -0.25) is 0 Å². The van der Waals surface area contributed by atoms with Crippen LogP contribution in [0.2, 0.25) is 13.1 Å². The maximum absolute atomic E-state index is 9.44. The third-order valence-electron chi connectivity index (χ3n) is 5.42. The van der Waals surface area contributed by atoms with E-state index in [2.05, 4.69) is 92.0 Å². The Hall–Kier alpha value is -1.09. The number of aliphatic hydroxyl groups excluding tert-OH is 1. The van der Waals surface area contributed by atoms with Crippen molar-refractivity contribution < 1.29 is 53.3 Å². The predicted octanol–water partition coefficient (Wildman–Crippen LogP) is 0.416. The average molecular weight is 544 g/mol. The van der Waals surface area contributed by atoms with Crippen LogP contribution in [0.3, 0.4) is 0 Å². The van der Waals surface area contributed by atoms with Crippen molar-refractivity contribution in [1.82, 2.24) is 0 Å². The van der Waals surface area contributed by atoms with E-state index >= 15 is 0 Å². The van der Waals surface area contributed by atoms with Gasteiger partial charge in [-0.25, -0.2) is 0 Å². The number of hydrogen-bond acceptors (Lipinski definition) is 1. The van der Waals surface area contributed by atoms with Crippen molar-refractivity contribution in [2.24, 2.45) is 0 Å². The summed E-state index contributed by atoms with van der Waals surface area (Å²) in [6, 6.07) is 26.2. The summed E-state index contributed by atoms with van der Waals surface area (Å²) in [5.74, 6) is 0.262. The third-order valence-corrected chi connectivity index (χ3v) is 5.42. The summed E-state index contributed by atoms with van der Waals surface area (Å²) in [6.45, 7) is 4.81. The zero-order valence-electron chi connectivity index (χ0n) is 17.7. The number of benzene rings is 3. The van der Waals surface area contributed by atoms with E-state index < -0.39 is 0 Å². The van der Waals surface area contributed by atoms with Crippen LogP contribution in [0, 0.1) is 0 Å². The summed E-state index contributed by atoms with van der Waals surface area (Å²) in [5, 5.41) is 14.7. The number of allylic oxidation sites excluding steroid dienone is 1. The Labute approximate surface area is 212 Å². The minimum absolute atomic E-state index is 0. The molecule has 0 heterocycles. The SMILES string of the molecule is C[Si](C)=[Zr+2].OCCC1=CC(c2cccc3c2[cH-]c2ccccc23)c2ccccc21.[Cl-].[Cl-]. The minimum Gasteiger partial charge on any atom is -1.00 e. The van der Waals surface area contributed by atoms with E-state index in [0.717, 1.165) is 0 Å². The molecular weight excluding hydrogens is 519 g/mol. The van der Waals surface area contributed by atoms with Crippen LogP contribution in [0.1, 0.15) is 29.0 Å². The second kappa shape index (κ2) is 11.7. The van der Waals surface area contributed by atoms with Gasteiger partial charge < -0.3 is 29.9 Å². The van der Waals surface area contributed by atoms with Gasteiger partial charge in [0.1, 0.15) is 0 Å². The van der Waals surface area contributed by atoms with Gasteiger partial charge >= 0.3 is 41.9 Å². The molecule has 1 aliphatic rings. The molecule has 4 aromatic carbocycles. The average Bonchev–Trinajstić information content (AvgIpc) is 3.27. The third kappa shape index (κ3) is 5.46. The first-order chi connectivity index (χ1) is 14.1. The molecule has 1 aliphatic carbocycles. The summed E-state index contributed by atoms with van der Waals surface area (Å²) in [7, 11) is 0. The van der Waals surface area contributed by atoms with E-state index in [9.17, 15) is 5.11 Å². The summed E-state index contributed by atoms with van der Waals surface area (Å²) >= 11 is 1.74. The summed E-state index contributed by atoms with van der Waals surface area (Å²) < 4.78 is 0. The largest absolute Gasteiger partial charge is 1.00 e. The number of fused-ring (bicyclic) bond motifs is 4. The van der Waals surface area contributed by atoms with E-state index in [-0.39, 0.29) is 42.8 Å². The van der Waals surface area contributed by atoms with Crippen LogP contribution in [0.4, 0.5) is 0 Å². The molecule has 1 unspecified atom stereocenters. The maximum Gasteiger partial charge on any atom is 0.0471 e. The van der Waals surface area contributed by atoms with Gasteiger partial charge in [-0.15, -0.1) is 33.7 Å². The zero-order valence-corrected chi connectivity index (χ0v) is 22.7. The first kappa shape index (κ1) is 26.2. The van der Waals surface area contributed by atoms with E-state index in [1.165, 1.54) is 43.8 Å². The number of hydrogen-bond donors (Lipinski definition) is 1. The topological polar surface area (TPSA) is 20.2 Å². The van der Waals surface area contributed by atoms with Crippen molar-refractivity contribution in [2.75, 3.05) is 6.61 Å². The molecule has 0 aliphatic heterocycles. The van der Waals surface area contributed by atoms with E-state index in [1.807, 2.05) is 0 Å². The van der Waals surface area contributed by atoms with Crippen molar-refractivity contribution in [1.29, 1.82) is 0 Å². The van der Waals surface area contributed by atoms with Crippen molar-refractivity contribution >= 4 is 32.6 Å². The molecule has 0 spiro atoms. The Bertz CT molecular complexity index is 1220. The van der Waals surface area contributed by atoms with Crippen molar-refractivity contribution in [3.05, 3.63) is 95.6 Å². The van der Waals surface area contributed by atoms with Crippen molar-refractivity contribution in [2.45, 2.75) is 25.4 Å². The summed E-state index contributed by atoms with van der Waals surface area (Å²) in [4.78, 5) is 0. The fourth-order valence-corrected chi connectivity index (χ4v) is 4.31.